The highest BCUT2D eigenvalue weighted by molar-refractivity contribution is 5.52. The second kappa shape index (κ2) is 6.58. The van der Waals surface area contributed by atoms with Crippen molar-refractivity contribution in [1.29, 1.82) is 0 Å². The van der Waals surface area contributed by atoms with Crippen LogP contribution in [-0.4, -0.2) is 0 Å². The third-order valence-electron chi connectivity index (χ3n) is 7.15. The van der Waals surface area contributed by atoms with Gasteiger partial charge in [-0.1, -0.05) is 85.0 Å². The number of rotatable bonds is 4. The van der Waals surface area contributed by atoms with Gasteiger partial charge in [0.05, 0.1) is 0 Å². The average molecular weight is 341 g/mol. The van der Waals surface area contributed by atoms with Crippen molar-refractivity contribution in [3.63, 3.8) is 0 Å². The van der Waals surface area contributed by atoms with Crippen LogP contribution in [0.4, 0.5) is 0 Å². The van der Waals surface area contributed by atoms with E-state index in [1.54, 1.807) is 0 Å². The second-order valence-corrected chi connectivity index (χ2v) is 8.88. The van der Waals surface area contributed by atoms with Gasteiger partial charge in [0.2, 0.25) is 0 Å². The van der Waals surface area contributed by atoms with E-state index >= 15 is 0 Å². The Hall–Kier alpha value is -2.08. The molecule has 4 aliphatic carbocycles. The molecule has 2 aromatic carbocycles. The lowest BCUT2D eigenvalue weighted by atomic mass is 9.45. The van der Waals surface area contributed by atoms with Gasteiger partial charge in [-0.05, 0) is 72.3 Å². The van der Waals surface area contributed by atoms with Crippen LogP contribution in [0.5, 0.6) is 0 Å². The van der Waals surface area contributed by atoms with E-state index < -0.39 is 0 Å². The van der Waals surface area contributed by atoms with Gasteiger partial charge in [0.1, 0.15) is 0 Å². The van der Waals surface area contributed by atoms with E-state index in [4.69, 9.17) is 0 Å². The summed E-state index contributed by atoms with van der Waals surface area (Å²) in [5.74, 6) is 3.53. The molecule has 3 unspecified atom stereocenters. The molecule has 6 rings (SSSR count). The molecule has 4 fully saturated rings. The monoisotopic (exact) mass is 340 g/mol. The van der Waals surface area contributed by atoms with Crippen molar-refractivity contribution in [2.75, 3.05) is 0 Å². The zero-order chi connectivity index (χ0) is 17.4. The molecule has 0 saturated heterocycles. The smallest absolute Gasteiger partial charge is 0.00441 e. The number of hydrogen-bond acceptors (Lipinski definition) is 0. The molecular weight excluding hydrogens is 312 g/mol. The molecule has 2 aromatic rings. The van der Waals surface area contributed by atoms with Crippen LogP contribution in [0.1, 0.15) is 43.2 Å². The van der Waals surface area contributed by atoms with Crippen LogP contribution in [0, 0.1) is 29.1 Å². The highest BCUT2D eigenvalue weighted by Crippen LogP contribution is 2.64. The van der Waals surface area contributed by atoms with Gasteiger partial charge in [-0.3, -0.25) is 0 Å². The van der Waals surface area contributed by atoms with Crippen molar-refractivity contribution in [3.05, 3.63) is 83.9 Å². The standard InChI is InChI=1S/C26H28/c1-3-7-20(8-4-1)11-12-25-24-16-22-15-23(17-24)19-26(25,18-22)14-13-21-9-5-2-6-10-21/h1-14,22-25H,15-19H2/b12-11+,14-13+. The quantitative estimate of drug-likeness (QED) is 0.570. The first kappa shape index (κ1) is 16.1. The lowest BCUT2D eigenvalue weighted by Gasteiger charge is -2.60. The van der Waals surface area contributed by atoms with Crippen molar-refractivity contribution in [2.45, 2.75) is 32.1 Å². The van der Waals surface area contributed by atoms with E-state index in [1.807, 2.05) is 0 Å². The van der Waals surface area contributed by atoms with Crippen molar-refractivity contribution >= 4 is 12.2 Å². The Bertz CT molecular complexity index is 784. The van der Waals surface area contributed by atoms with Crippen molar-refractivity contribution in [3.8, 4) is 0 Å². The Morgan fingerprint density at radius 3 is 1.88 bits per heavy atom. The van der Waals surface area contributed by atoms with Gasteiger partial charge in [-0.15, -0.1) is 0 Å². The van der Waals surface area contributed by atoms with Gasteiger partial charge in [0, 0.05) is 0 Å². The fourth-order valence-corrected chi connectivity index (χ4v) is 6.34. The van der Waals surface area contributed by atoms with Crippen LogP contribution in [0.25, 0.3) is 12.2 Å². The summed E-state index contributed by atoms with van der Waals surface area (Å²) in [5.41, 5.74) is 3.06. The molecule has 0 heterocycles. The Balaban J connectivity index is 1.47. The minimum atomic E-state index is 0.385. The molecule has 4 saturated carbocycles. The van der Waals surface area contributed by atoms with E-state index in [2.05, 4.69) is 85.0 Å². The highest BCUT2D eigenvalue weighted by atomic mass is 14.6. The van der Waals surface area contributed by atoms with Crippen LogP contribution in [0.15, 0.2) is 72.8 Å². The summed E-state index contributed by atoms with van der Waals surface area (Å²) < 4.78 is 0. The maximum absolute atomic E-state index is 2.60. The van der Waals surface area contributed by atoms with Gasteiger partial charge >= 0.3 is 0 Å². The lowest BCUT2D eigenvalue weighted by molar-refractivity contribution is -0.0603. The summed E-state index contributed by atoms with van der Waals surface area (Å²) in [4.78, 5) is 0. The summed E-state index contributed by atoms with van der Waals surface area (Å²) in [6.45, 7) is 0. The molecule has 4 aliphatic rings. The van der Waals surface area contributed by atoms with E-state index in [0.29, 0.717) is 11.3 Å². The summed E-state index contributed by atoms with van der Waals surface area (Å²) >= 11 is 0. The Labute approximate surface area is 157 Å². The molecule has 0 N–H and O–H groups in total. The van der Waals surface area contributed by atoms with Crippen LogP contribution in [0.2, 0.25) is 0 Å². The van der Waals surface area contributed by atoms with Crippen molar-refractivity contribution < 1.29 is 0 Å². The maximum Gasteiger partial charge on any atom is -0.00441 e. The van der Waals surface area contributed by atoms with Crippen molar-refractivity contribution in [2.24, 2.45) is 29.1 Å². The number of hydrogen-bond donors (Lipinski definition) is 0. The SMILES string of the molecule is C(=C\C1C2CC3CC(C2)CC1(/C=C/c1ccccc1)C3)/c1ccccc1. The largest absolute Gasteiger partial charge is 0.0797 e. The highest BCUT2D eigenvalue weighted by Gasteiger charge is 2.54. The molecule has 0 spiro atoms. The predicted octanol–water partition coefficient (Wildman–Crippen LogP) is 6.86. The van der Waals surface area contributed by atoms with Gasteiger partial charge in [-0.2, -0.15) is 0 Å². The zero-order valence-corrected chi connectivity index (χ0v) is 15.4. The third kappa shape index (κ3) is 2.96. The first-order chi connectivity index (χ1) is 12.8. The minimum absolute atomic E-state index is 0.385. The molecule has 0 radical (unpaired) electrons. The van der Waals surface area contributed by atoms with Crippen LogP contribution in [-0.2, 0) is 0 Å². The molecule has 0 nitrogen and oxygen atoms in total. The summed E-state index contributed by atoms with van der Waals surface area (Å²) in [6, 6.07) is 21.7. The van der Waals surface area contributed by atoms with Crippen LogP contribution in [0.3, 0.4) is 0 Å². The second-order valence-electron chi connectivity index (χ2n) is 8.88. The summed E-state index contributed by atoms with van der Waals surface area (Å²) in [7, 11) is 0. The molecule has 0 aromatic heterocycles. The molecule has 0 heteroatoms. The van der Waals surface area contributed by atoms with Crippen LogP contribution < -0.4 is 0 Å². The average Bonchev–Trinajstić information content (AvgIpc) is 2.67. The zero-order valence-electron chi connectivity index (χ0n) is 15.4. The fraction of sp³-hybridized carbons (Fsp3) is 0.385. The number of allylic oxidation sites excluding steroid dienone is 2. The maximum atomic E-state index is 2.60. The summed E-state index contributed by atoms with van der Waals surface area (Å²) in [6.07, 6.45) is 17.1. The molecule has 0 amide bonds. The van der Waals surface area contributed by atoms with Crippen molar-refractivity contribution in [1.82, 2.24) is 0 Å². The van der Waals surface area contributed by atoms with E-state index in [0.717, 1.165) is 17.8 Å². The van der Waals surface area contributed by atoms with Gasteiger partial charge in [0.25, 0.3) is 0 Å². The van der Waals surface area contributed by atoms with E-state index in [-0.39, 0.29) is 0 Å². The third-order valence-corrected chi connectivity index (χ3v) is 7.15. The predicted molar refractivity (Wildman–Crippen MR) is 110 cm³/mol. The first-order valence-corrected chi connectivity index (χ1v) is 10.3. The Morgan fingerprint density at radius 1 is 0.692 bits per heavy atom. The number of benzene rings is 2. The fourth-order valence-electron chi connectivity index (χ4n) is 6.34. The van der Waals surface area contributed by atoms with Gasteiger partial charge < -0.3 is 0 Å². The topological polar surface area (TPSA) is 0 Å². The normalized spacial score (nSPS) is 35.5. The molecular formula is C26H28. The summed E-state index contributed by atoms with van der Waals surface area (Å²) in [5, 5.41) is 0. The Kier molecular flexibility index (Phi) is 4.08. The lowest BCUT2D eigenvalue weighted by Crippen LogP contribution is -2.51. The molecule has 0 aliphatic heterocycles. The minimum Gasteiger partial charge on any atom is -0.0797 e. The molecule has 26 heavy (non-hydrogen) atoms. The van der Waals surface area contributed by atoms with E-state index in [1.165, 1.54) is 43.2 Å². The Morgan fingerprint density at radius 2 is 1.27 bits per heavy atom. The molecule has 3 atom stereocenters. The van der Waals surface area contributed by atoms with E-state index in [9.17, 15) is 0 Å². The van der Waals surface area contributed by atoms with Gasteiger partial charge in [0.15, 0.2) is 0 Å². The first-order valence-electron chi connectivity index (χ1n) is 10.3. The van der Waals surface area contributed by atoms with Crippen LogP contribution >= 0.6 is 0 Å². The molecule has 132 valence electrons. The van der Waals surface area contributed by atoms with Gasteiger partial charge in [-0.25, -0.2) is 0 Å². The molecule has 4 bridgehead atoms.